The van der Waals surface area contributed by atoms with Gasteiger partial charge in [-0.1, -0.05) is 11.6 Å². The zero-order valence-electron chi connectivity index (χ0n) is 14.5. The first-order chi connectivity index (χ1) is 12.5. The summed E-state index contributed by atoms with van der Waals surface area (Å²) in [6.45, 7) is -0.230. The second-order valence-electron chi connectivity index (χ2n) is 5.04. The molecular weight excluding hydrogens is 362 g/mol. The van der Waals surface area contributed by atoms with Crippen LogP contribution >= 0.6 is 11.6 Å². The van der Waals surface area contributed by atoms with Gasteiger partial charge in [-0.3, -0.25) is 4.79 Å². The lowest BCUT2D eigenvalue weighted by atomic mass is 10.2. The number of amides is 1. The highest BCUT2D eigenvalue weighted by atomic mass is 35.5. The van der Waals surface area contributed by atoms with Gasteiger partial charge < -0.3 is 24.3 Å². The molecule has 0 bridgehead atoms. The highest BCUT2D eigenvalue weighted by Gasteiger charge is 2.13. The van der Waals surface area contributed by atoms with E-state index in [1.807, 2.05) is 0 Å². The Balaban J connectivity index is 2.00. The third kappa shape index (κ3) is 4.80. The van der Waals surface area contributed by atoms with Crippen LogP contribution in [0.3, 0.4) is 0 Å². The molecule has 1 N–H and O–H groups in total. The van der Waals surface area contributed by atoms with E-state index in [0.29, 0.717) is 33.5 Å². The van der Waals surface area contributed by atoms with Crippen molar-refractivity contribution in [3.63, 3.8) is 0 Å². The van der Waals surface area contributed by atoms with Gasteiger partial charge >= 0.3 is 5.97 Å². The Morgan fingerprint density at radius 3 is 2.23 bits per heavy atom. The second-order valence-corrected chi connectivity index (χ2v) is 5.45. The van der Waals surface area contributed by atoms with Crippen molar-refractivity contribution in [1.82, 2.24) is 0 Å². The lowest BCUT2D eigenvalue weighted by molar-refractivity contribution is -0.118. The zero-order chi connectivity index (χ0) is 19.1. The van der Waals surface area contributed by atoms with Crippen molar-refractivity contribution in [2.45, 2.75) is 0 Å². The number of nitrogens with one attached hydrogen (secondary N) is 1. The largest absolute Gasteiger partial charge is 0.495 e. The first kappa shape index (κ1) is 19.4. The van der Waals surface area contributed by atoms with Gasteiger partial charge in [-0.15, -0.1) is 0 Å². The van der Waals surface area contributed by atoms with E-state index < -0.39 is 11.9 Å². The van der Waals surface area contributed by atoms with Gasteiger partial charge in [-0.05, 0) is 24.3 Å². The predicted octanol–water partition coefficient (Wildman–Crippen LogP) is 3.16. The Kier molecular flexibility index (Phi) is 6.68. The van der Waals surface area contributed by atoms with Crippen LogP contribution in [0.15, 0.2) is 36.4 Å². The molecule has 26 heavy (non-hydrogen) atoms. The van der Waals surface area contributed by atoms with Crippen LogP contribution in [-0.2, 0) is 9.53 Å². The summed E-state index contributed by atoms with van der Waals surface area (Å²) in [6, 6.07) is 9.35. The minimum atomic E-state index is -0.446. The molecule has 0 saturated carbocycles. The predicted molar refractivity (Wildman–Crippen MR) is 96.5 cm³/mol. The molecule has 0 spiro atoms. The molecule has 2 aromatic rings. The maximum Gasteiger partial charge on any atom is 0.337 e. The molecule has 0 saturated heterocycles. The molecule has 2 aromatic carbocycles. The van der Waals surface area contributed by atoms with Gasteiger partial charge in [0.1, 0.15) is 17.2 Å². The fourth-order valence-electron chi connectivity index (χ4n) is 2.10. The molecule has 0 radical (unpaired) electrons. The number of anilines is 1. The molecule has 138 valence electrons. The highest BCUT2D eigenvalue weighted by Crippen LogP contribution is 2.35. The summed E-state index contributed by atoms with van der Waals surface area (Å²) in [7, 11) is 4.24. The number of esters is 1. The van der Waals surface area contributed by atoms with Gasteiger partial charge in [0.15, 0.2) is 6.61 Å². The molecule has 0 atom stereocenters. The van der Waals surface area contributed by atoms with Crippen LogP contribution in [0.25, 0.3) is 0 Å². The van der Waals surface area contributed by atoms with Crippen LogP contribution in [0.1, 0.15) is 10.4 Å². The monoisotopic (exact) mass is 379 g/mol. The maximum absolute atomic E-state index is 12.1. The maximum atomic E-state index is 12.1. The van der Waals surface area contributed by atoms with Crippen molar-refractivity contribution >= 4 is 29.2 Å². The topological polar surface area (TPSA) is 83.1 Å². The fraction of sp³-hybridized carbons (Fsp3) is 0.222. The third-order valence-corrected chi connectivity index (χ3v) is 3.69. The summed E-state index contributed by atoms with van der Waals surface area (Å²) in [4.78, 5) is 23.5. The average Bonchev–Trinajstić information content (AvgIpc) is 2.67. The van der Waals surface area contributed by atoms with Crippen molar-refractivity contribution in [1.29, 1.82) is 0 Å². The number of carbonyl (C=O) groups excluding carboxylic acids is 2. The molecule has 0 aliphatic rings. The van der Waals surface area contributed by atoms with E-state index in [1.54, 1.807) is 36.4 Å². The second kappa shape index (κ2) is 8.96. The summed E-state index contributed by atoms with van der Waals surface area (Å²) >= 11 is 6.03. The molecule has 8 heteroatoms. The van der Waals surface area contributed by atoms with Gasteiger partial charge in [0.05, 0.1) is 37.6 Å². The third-order valence-electron chi connectivity index (χ3n) is 3.39. The number of hydrogen-bond donors (Lipinski definition) is 1. The molecule has 2 rings (SSSR count). The standard InChI is InChI=1S/C18H18ClNO6/c1-23-15-9-14(16(24-2)8-13(15)19)20-17(21)10-26-12-6-4-11(5-7-12)18(22)25-3/h4-9H,10H2,1-3H3,(H,20,21). The number of hydrogen-bond acceptors (Lipinski definition) is 6. The summed E-state index contributed by atoms with van der Waals surface area (Å²) in [5, 5.41) is 3.04. The van der Waals surface area contributed by atoms with E-state index >= 15 is 0 Å². The summed E-state index contributed by atoms with van der Waals surface area (Å²) in [5.41, 5.74) is 0.797. The summed E-state index contributed by atoms with van der Waals surface area (Å²) in [6.07, 6.45) is 0. The van der Waals surface area contributed by atoms with Crippen molar-refractivity contribution < 1.29 is 28.5 Å². The van der Waals surface area contributed by atoms with Gasteiger partial charge in [-0.2, -0.15) is 0 Å². The van der Waals surface area contributed by atoms with Gasteiger partial charge in [0.2, 0.25) is 0 Å². The van der Waals surface area contributed by atoms with Gasteiger partial charge in [0.25, 0.3) is 5.91 Å². The molecule has 0 unspecified atom stereocenters. The van der Waals surface area contributed by atoms with Crippen molar-refractivity contribution in [2.24, 2.45) is 0 Å². The smallest absolute Gasteiger partial charge is 0.337 e. The first-order valence-corrected chi connectivity index (χ1v) is 7.88. The molecule has 0 aromatic heterocycles. The van der Waals surface area contributed by atoms with Crippen LogP contribution in [0.2, 0.25) is 5.02 Å². The lowest BCUT2D eigenvalue weighted by Crippen LogP contribution is -2.20. The SMILES string of the molecule is COC(=O)c1ccc(OCC(=O)Nc2cc(OC)c(Cl)cc2OC)cc1. The number of methoxy groups -OCH3 is 3. The Labute approximate surface area is 155 Å². The average molecular weight is 380 g/mol. The number of ether oxygens (including phenoxy) is 4. The van der Waals surface area contributed by atoms with E-state index in [9.17, 15) is 9.59 Å². The van der Waals surface area contributed by atoms with Crippen molar-refractivity contribution in [3.8, 4) is 17.2 Å². The number of rotatable bonds is 7. The molecule has 7 nitrogen and oxygen atoms in total. The van der Waals surface area contributed by atoms with E-state index in [-0.39, 0.29) is 6.61 Å². The molecule has 0 aliphatic heterocycles. The molecular formula is C18H18ClNO6. The van der Waals surface area contributed by atoms with Crippen molar-refractivity contribution in [3.05, 3.63) is 47.0 Å². The zero-order valence-corrected chi connectivity index (χ0v) is 15.3. The van der Waals surface area contributed by atoms with Crippen molar-refractivity contribution in [2.75, 3.05) is 33.3 Å². The van der Waals surface area contributed by atoms with Gasteiger partial charge in [0, 0.05) is 12.1 Å². The van der Waals surface area contributed by atoms with E-state index in [1.165, 1.54) is 21.3 Å². The van der Waals surface area contributed by atoms with Crippen LogP contribution < -0.4 is 19.5 Å². The highest BCUT2D eigenvalue weighted by molar-refractivity contribution is 6.32. The van der Waals surface area contributed by atoms with Gasteiger partial charge in [-0.25, -0.2) is 4.79 Å². The minimum Gasteiger partial charge on any atom is -0.495 e. The van der Waals surface area contributed by atoms with Crippen LogP contribution in [0.5, 0.6) is 17.2 Å². The Bertz CT molecular complexity index is 791. The van der Waals surface area contributed by atoms with Crippen LogP contribution in [0, 0.1) is 0 Å². The summed E-state index contributed by atoms with van der Waals surface area (Å²) in [5.74, 6) is 0.393. The Hall–Kier alpha value is -2.93. The minimum absolute atomic E-state index is 0.230. The number of halogens is 1. The van der Waals surface area contributed by atoms with Crippen LogP contribution in [0.4, 0.5) is 5.69 Å². The van der Waals surface area contributed by atoms with E-state index in [4.69, 9.17) is 25.8 Å². The van der Waals surface area contributed by atoms with E-state index in [2.05, 4.69) is 10.1 Å². The molecule has 0 heterocycles. The number of carbonyl (C=O) groups is 2. The van der Waals surface area contributed by atoms with Crippen LogP contribution in [-0.4, -0.2) is 39.8 Å². The molecule has 0 aliphatic carbocycles. The summed E-state index contributed by atoms with van der Waals surface area (Å²) < 4.78 is 20.3. The lowest BCUT2D eigenvalue weighted by Gasteiger charge is -2.13. The molecule has 1 amide bonds. The normalized spacial score (nSPS) is 10.0. The first-order valence-electron chi connectivity index (χ1n) is 7.51. The quantitative estimate of drug-likeness (QED) is 0.744. The fourth-order valence-corrected chi connectivity index (χ4v) is 2.33. The van der Waals surface area contributed by atoms with E-state index in [0.717, 1.165) is 0 Å². The molecule has 0 fully saturated rings. The number of benzene rings is 2. The Morgan fingerprint density at radius 1 is 1.00 bits per heavy atom. The Morgan fingerprint density at radius 2 is 1.65 bits per heavy atom.